The van der Waals surface area contributed by atoms with Gasteiger partial charge in [-0.2, -0.15) is 0 Å². The van der Waals surface area contributed by atoms with E-state index < -0.39 is 0 Å². The first-order valence-electron chi connectivity index (χ1n) is 5.24. The first kappa shape index (κ1) is 8.59. The average Bonchev–Trinajstić information content (AvgIpc) is 2.82. The fourth-order valence-corrected chi connectivity index (χ4v) is 2.12. The minimum atomic E-state index is 0.499. The number of nitrogens with zero attached hydrogens (tertiary/aromatic N) is 2. The van der Waals surface area contributed by atoms with E-state index in [9.17, 15) is 0 Å². The van der Waals surface area contributed by atoms with E-state index in [0.29, 0.717) is 6.04 Å². The van der Waals surface area contributed by atoms with Crippen LogP contribution in [0.3, 0.4) is 0 Å². The smallest absolute Gasteiger partial charge is 0.139 e. The predicted molar refractivity (Wildman–Crippen MR) is 62.2 cm³/mol. The average molecular weight is 202 g/mol. The van der Waals surface area contributed by atoms with Crippen molar-refractivity contribution < 1.29 is 0 Å². The number of aromatic nitrogens is 2. The molecule has 0 spiro atoms. The molecule has 0 bridgehead atoms. The number of nitrogens with one attached hydrogen (secondary N) is 2. The molecular formula is C11H14N4. The van der Waals surface area contributed by atoms with Gasteiger partial charge in [0.15, 0.2) is 0 Å². The summed E-state index contributed by atoms with van der Waals surface area (Å²) >= 11 is 0. The van der Waals surface area contributed by atoms with Gasteiger partial charge in [-0.1, -0.05) is 0 Å². The molecule has 0 saturated carbocycles. The molecule has 4 heteroatoms. The maximum Gasteiger partial charge on any atom is 0.139 e. The van der Waals surface area contributed by atoms with Gasteiger partial charge >= 0.3 is 0 Å². The number of H-pyrrole nitrogens is 1. The zero-order valence-electron chi connectivity index (χ0n) is 8.91. The summed E-state index contributed by atoms with van der Waals surface area (Å²) in [6, 6.07) is 2.59. The molecule has 4 nitrogen and oxygen atoms in total. The van der Waals surface area contributed by atoms with Crippen LogP contribution in [0.25, 0.3) is 11.0 Å². The molecule has 2 aromatic rings. The van der Waals surface area contributed by atoms with Crippen LogP contribution in [0.4, 0.5) is 11.4 Å². The van der Waals surface area contributed by atoms with E-state index in [4.69, 9.17) is 0 Å². The predicted octanol–water partition coefficient (Wildman–Crippen LogP) is 2.16. The molecule has 78 valence electrons. The highest BCUT2D eigenvalue weighted by Gasteiger charge is 2.23. The Labute approximate surface area is 88.3 Å². The SMILES string of the molecule is CC(C)N1CNc2cnc3[nH]ccc3c21. The highest BCUT2D eigenvalue weighted by atomic mass is 15.3. The number of hydrogen-bond acceptors (Lipinski definition) is 3. The lowest BCUT2D eigenvalue weighted by Gasteiger charge is -2.22. The van der Waals surface area contributed by atoms with Gasteiger partial charge in [0.05, 0.1) is 24.2 Å². The van der Waals surface area contributed by atoms with E-state index in [1.165, 1.54) is 11.1 Å². The van der Waals surface area contributed by atoms with Gasteiger partial charge in [-0.05, 0) is 19.9 Å². The van der Waals surface area contributed by atoms with Crippen molar-refractivity contribution in [3.8, 4) is 0 Å². The van der Waals surface area contributed by atoms with Gasteiger partial charge in [-0.25, -0.2) is 4.98 Å². The van der Waals surface area contributed by atoms with E-state index in [-0.39, 0.29) is 0 Å². The molecular weight excluding hydrogens is 188 g/mol. The second-order valence-corrected chi connectivity index (χ2v) is 4.16. The van der Waals surface area contributed by atoms with Gasteiger partial charge in [0.25, 0.3) is 0 Å². The van der Waals surface area contributed by atoms with E-state index >= 15 is 0 Å². The fraction of sp³-hybridized carbons (Fsp3) is 0.364. The number of aromatic amines is 1. The van der Waals surface area contributed by atoms with E-state index in [2.05, 4.69) is 40.1 Å². The fourth-order valence-electron chi connectivity index (χ4n) is 2.12. The lowest BCUT2D eigenvalue weighted by atomic mass is 10.2. The number of fused-ring (bicyclic) bond motifs is 3. The van der Waals surface area contributed by atoms with Gasteiger partial charge in [0, 0.05) is 17.6 Å². The summed E-state index contributed by atoms with van der Waals surface area (Å²) in [5.41, 5.74) is 3.37. The Bertz CT molecular complexity index is 500. The van der Waals surface area contributed by atoms with E-state index in [0.717, 1.165) is 18.0 Å². The Morgan fingerprint density at radius 1 is 1.47 bits per heavy atom. The third kappa shape index (κ3) is 1.11. The largest absolute Gasteiger partial charge is 0.365 e. The molecule has 2 aromatic heterocycles. The molecule has 0 fully saturated rings. The number of anilines is 2. The third-order valence-corrected chi connectivity index (χ3v) is 2.91. The first-order chi connectivity index (χ1) is 7.27. The number of pyridine rings is 1. The molecule has 1 aliphatic rings. The molecule has 3 heterocycles. The summed E-state index contributed by atoms with van der Waals surface area (Å²) in [6.45, 7) is 5.28. The van der Waals surface area contributed by atoms with Crippen LogP contribution in [0, 0.1) is 0 Å². The van der Waals surface area contributed by atoms with E-state index in [1.54, 1.807) is 0 Å². The molecule has 0 unspecified atom stereocenters. The van der Waals surface area contributed by atoms with Gasteiger partial charge < -0.3 is 15.2 Å². The van der Waals surface area contributed by atoms with Crippen molar-refractivity contribution in [3.63, 3.8) is 0 Å². The lowest BCUT2D eigenvalue weighted by Crippen LogP contribution is -2.30. The molecule has 0 saturated heterocycles. The Morgan fingerprint density at radius 2 is 2.33 bits per heavy atom. The maximum absolute atomic E-state index is 4.36. The van der Waals surface area contributed by atoms with Crippen molar-refractivity contribution in [1.29, 1.82) is 0 Å². The zero-order valence-corrected chi connectivity index (χ0v) is 8.91. The quantitative estimate of drug-likeness (QED) is 0.744. The van der Waals surface area contributed by atoms with Crippen LogP contribution < -0.4 is 10.2 Å². The molecule has 15 heavy (non-hydrogen) atoms. The van der Waals surface area contributed by atoms with Crippen LogP contribution in [-0.2, 0) is 0 Å². The summed E-state index contributed by atoms with van der Waals surface area (Å²) in [7, 11) is 0. The standard InChI is InChI=1S/C11H14N4/c1-7(2)15-6-14-9-5-13-11-8(10(9)15)3-4-12-11/h3-5,7,14H,6H2,1-2H3,(H,12,13). The van der Waals surface area contributed by atoms with Crippen LogP contribution >= 0.6 is 0 Å². The van der Waals surface area contributed by atoms with Crippen molar-refractivity contribution in [2.75, 3.05) is 16.9 Å². The lowest BCUT2D eigenvalue weighted by molar-refractivity contribution is 0.729. The monoisotopic (exact) mass is 202 g/mol. The number of rotatable bonds is 1. The molecule has 0 aromatic carbocycles. The summed E-state index contributed by atoms with van der Waals surface area (Å²) in [5.74, 6) is 0. The van der Waals surface area contributed by atoms with Crippen LogP contribution in [0.15, 0.2) is 18.5 Å². The minimum absolute atomic E-state index is 0.499. The van der Waals surface area contributed by atoms with Crippen molar-refractivity contribution in [2.24, 2.45) is 0 Å². The highest BCUT2D eigenvalue weighted by Crippen LogP contribution is 2.37. The molecule has 2 N–H and O–H groups in total. The summed E-state index contributed by atoms with van der Waals surface area (Å²) in [6.07, 6.45) is 3.84. The summed E-state index contributed by atoms with van der Waals surface area (Å²) in [4.78, 5) is 9.86. The van der Waals surface area contributed by atoms with Crippen molar-refractivity contribution in [2.45, 2.75) is 19.9 Å². The molecule has 0 amide bonds. The van der Waals surface area contributed by atoms with Crippen LogP contribution in [0.1, 0.15) is 13.8 Å². The zero-order chi connectivity index (χ0) is 10.4. The summed E-state index contributed by atoms with van der Waals surface area (Å²) < 4.78 is 0. The first-order valence-corrected chi connectivity index (χ1v) is 5.24. The van der Waals surface area contributed by atoms with Gasteiger partial charge in [-0.15, -0.1) is 0 Å². The maximum atomic E-state index is 4.36. The topological polar surface area (TPSA) is 44.0 Å². The molecule has 0 radical (unpaired) electrons. The van der Waals surface area contributed by atoms with Crippen molar-refractivity contribution in [1.82, 2.24) is 9.97 Å². The third-order valence-electron chi connectivity index (χ3n) is 2.91. The van der Waals surface area contributed by atoms with Gasteiger partial charge in [0.2, 0.25) is 0 Å². The second-order valence-electron chi connectivity index (χ2n) is 4.16. The van der Waals surface area contributed by atoms with Crippen molar-refractivity contribution >= 4 is 22.4 Å². The number of hydrogen-bond donors (Lipinski definition) is 2. The minimum Gasteiger partial charge on any atom is -0.365 e. The highest BCUT2D eigenvalue weighted by molar-refractivity contribution is 5.98. The van der Waals surface area contributed by atoms with Crippen LogP contribution in [0.2, 0.25) is 0 Å². The molecule has 1 aliphatic heterocycles. The van der Waals surface area contributed by atoms with Gasteiger partial charge in [0.1, 0.15) is 5.65 Å². The summed E-state index contributed by atoms with van der Waals surface area (Å²) in [5, 5.41) is 4.56. The Hall–Kier alpha value is -1.71. The Kier molecular flexibility index (Phi) is 1.65. The van der Waals surface area contributed by atoms with Crippen molar-refractivity contribution in [3.05, 3.63) is 18.5 Å². The Morgan fingerprint density at radius 3 is 3.13 bits per heavy atom. The molecule has 0 atom stereocenters. The molecule has 3 rings (SSSR count). The van der Waals surface area contributed by atoms with Crippen LogP contribution in [0.5, 0.6) is 0 Å². The van der Waals surface area contributed by atoms with Crippen LogP contribution in [-0.4, -0.2) is 22.7 Å². The van der Waals surface area contributed by atoms with Gasteiger partial charge in [-0.3, -0.25) is 0 Å². The van der Waals surface area contributed by atoms with E-state index in [1.807, 2.05) is 12.4 Å². The normalized spacial score (nSPS) is 14.7. The molecule has 0 aliphatic carbocycles. The Balaban J connectivity index is 2.27. The second kappa shape index (κ2) is 2.89.